The second-order valence-electron chi connectivity index (χ2n) is 1.78. The van der Waals surface area contributed by atoms with Gasteiger partial charge in [-0.2, -0.15) is 0 Å². The number of rotatable bonds is 4. The zero-order valence-electron chi connectivity index (χ0n) is 6.06. The highest BCUT2D eigenvalue weighted by Gasteiger charge is 1.77. The standard InChI is InChI=1S/C7H14.CN/c1-3-5-7-6-4-2;1-2/h3H,1,4-7H2,2H3;/q;-1. The molecule has 0 atom stereocenters. The molecule has 1 heteroatoms. The topological polar surface area (TPSA) is 23.8 Å². The first-order chi connectivity index (χ1) is 4.41. The van der Waals surface area contributed by atoms with Crippen LogP contribution < -0.4 is 0 Å². The van der Waals surface area contributed by atoms with Gasteiger partial charge in [-0.15, -0.1) is 6.58 Å². The van der Waals surface area contributed by atoms with Gasteiger partial charge in [0.15, 0.2) is 0 Å². The molecule has 0 heterocycles. The van der Waals surface area contributed by atoms with Gasteiger partial charge in [-0.05, 0) is 12.8 Å². The first-order valence-electron chi connectivity index (χ1n) is 3.25. The minimum absolute atomic E-state index is 1.19. The van der Waals surface area contributed by atoms with E-state index >= 15 is 0 Å². The smallest absolute Gasteiger partial charge is 0.0353 e. The third-order valence-corrected chi connectivity index (χ3v) is 1.01. The molecular weight excluding hydrogens is 110 g/mol. The van der Waals surface area contributed by atoms with Gasteiger partial charge in [0, 0.05) is 0 Å². The Bertz CT molecular complexity index is 64.2. The lowest BCUT2D eigenvalue weighted by Gasteiger charge is -1.87. The molecule has 0 unspecified atom stereocenters. The second-order valence-corrected chi connectivity index (χ2v) is 1.78. The van der Waals surface area contributed by atoms with E-state index in [1.165, 1.54) is 25.7 Å². The van der Waals surface area contributed by atoms with E-state index in [2.05, 4.69) is 13.5 Å². The fraction of sp³-hybridized carbons (Fsp3) is 0.625. The van der Waals surface area contributed by atoms with Crippen molar-refractivity contribution in [3.8, 4) is 0 Å². The minimum Gasteiger partial charge on any atom is -0.512 e. The maximum absolute atomic E-state index is 6.25. The Hall–Kier alpha value is -0.770. The number of allylic oxidation sites excluding steroid dienone is 1. The SMILES string of the molecule is C=CCCCCC.[C-]#N. The van der Waals surface area contributed by atoms with Crippen LogP contribution in [0.25, 0.3) is 0 Å². The lowest BCUT2D eigenvalue weighted by atomic mass is 10.2. The van der Waals surface area contributed by atoms with Crippen molar-refractivity contribution in [2.75, 3.05) is 0 Å². The van der Waals surface area contributed by atoms with Crippen molar-refractivity contribution in [2.24, 2.45) is 0 Å². The monoisotopic (exact) mass is 124 g/mol. The number of hydrogen-bond acceptors (Lipinski definition) is 1. The maximum Gasteiger partial charge on any atom is -0.0353 e. The molecule has 0 saturated heterocycles. The molecule has 52 valence electrons. The molecule has 0 spiro atoms. The molecular formula is C8H14N-. The van der Waals surface area contributed by atoms with E-state index in [4.69, 9.17) is 11.8 Å². The highest BCUT2D eigenvalue weighted by Crippen LogP contribution is 1.97. The highest BCUT2D eigenvalue weighted by atomic mass is 14.2. The molecule has 0 aromatic carbocycles. The predicted molar refractivity (Wildman–Crippen MR) is 39.3 cm³/mol. The molecule has 0 aliphatic rings. The van der Waals surface area contributed by atoms with Crippen molar-refractivity contribution >= 4 is 0 Å². The van der Waals surface area contributed by atoms with Gasteiger partial charge in [-0.1, -0.05) is 25.8 Å². The average Bonchev–Trinajstić information content (AvgIpc) is 1.94. The Morgan fingerprint density at radius 3 is 2.33 bits per heavy atom. The van der Waals surface area contributed by atoms with E-state index in [1.807, 2.05) is 6.08 Å². The normalized spacial score (nSPS) is 7.00. The largest absolute Gasteiger partial charge is 0.512 e. The van der Waals surface area contributed by atoms with Gasteiger partial charge in [-0.3, -0.25) is 0 Å². The number of nitrogens with zero attached hydrogens (tertiary/aromatic N) is 1. The molecule has 9 heavy (non-hydrogen) atoms. The summed E-state index contributed by atoms with van der Waals surface area (Å²) in [5.41, 5.74) is 0. The molecule has 0 aromatic rings. The summed E-state index contributed by atoms with van der Waals surface area (Å²) in [4.78, 5) is 0. The van der Waals surface area contributed by atoms with Crippen LogP contribution in [0.5, 0.6) is 0 Å². The van der Waals surface area contributed by atoms with Crippen LogP contribution in [0, 0.1) is 11.8 Å². The van der Waals surface area contributed by atoms with Gasteiger partial charge in [0.25, 0.3) is 0 Å². The zero-order chi connectivity index (χ0) is 7.54. The van der Waals surface area contributed by atoms with Crippen LogP contribution in [0.15, 0.2) is 12.7 Å². The quantitative estimate of drug-likeness (QED) is 0.321. The lowest BCUT2D eigenvalue weighted by molar-refractivity contribution is 0.730. The van der Waals surface area contributed by atoms with Crippen LogP contribution in [0.4, 0.5) is 0 Å². The molecule has 0 aliphatic carbocycles. The molecule has 0 amide bonds. The van der Waals surface area contributed by atoms with Crippen LogP contribution in [0.1, 0.15) is 32.6 Å². The summed E-state index contributed by atoms with van der Waals surface area (Å²) in [5, 5.41) is 6.25. The number of unbranched alkanes of at least 4 members (excludes halogenated alkanes) is 3. The fourth-order valence-corrected chi connectivity index (χ4v) is 0.539. The Labute approximate surface area is 58.0 Å². The summed E-state index contributed by atoms with van der Waals surface area (Å²) in [6.45, 7) is 10.6. The fourth-order valence-electron chi connectivity index (χ4n) is 0.539. The van der Waals surface area contributed by atoms with Crippen LogP contribution in [-0.2, 0) is 0 Å². The summed E-state index contributed by atoms with van der Waals surface area (Å²) < 4.78 is 0. The lowest BCUT2D eigenvalue weighted by Crippen LogP contribution is -1.67. The second kappa shape index (κ2) is 15.7. The van der Waals surface area contributed by atoms with Gasteiger partial charge >= 0.3 is 0 Å². The Morgan fingerprint density at radius 1 is 1.44 bits per heavy atom. The van der Waals surface area contributed by atoms with E-state index < -0.39 is 0 Å². The molecule has 0 saturated carbocycles. The van der Waals surface area contributed by atoms with Crippen LogP contribution in [0.2, 0.25) is 0 Å². The first-order valence-corrected chi connectivity index (χ1v) is 3.25. The molecule has 0 rings (SSSR count). The van der Waals surface area contributed by atoms with Crippen molar-refractivity contribution < 1.29 is 0 Å². The average molecular weight is 124 g/mol. The summed E-state index contributed by atoms with van der Waals surface area (Å²) in [5.74, 6) is 0. The van der Waals surface area contributed by atoms with Crippen molar-refractivity contribution in [3.05, 3.63) is 19.2 Å². The third-order valence-electron chi connectivity index (χ3n) is 1.01. The van der Waals surface area contributed by atoms with Crippen LogP contribution in [0.3, 0.4) is 0 Å². The Balaban J connectivity index is 0. The van der Waals surface area contributed by atoms with Crippen molar-refractivity contribution in [1.82, 2.24) is 0 Å². The molecule has 0 N–H and O–H groups in total. The summed E-state index contributed by atoms with van der Waals surface area (Å²) in [6, 6.07) is 0. The van der Waals surface area contributed by atoms with Crippen molar-refractivity contribution in [2.45, 2.75) is 32.6 Å². The third kappa shape index (κ3) is 19.0. The molecule has 1 nitrogen and oxygen atoms in total. The number of hydrogen-bond donors (Lipinski definition) is 0. The van der Waals surface area contributed by atoms with Crippen molar-refractivity contribution in [3.63, 3.8) is 0 Å². The summed E-state index contributed by atoms with van der Waals surface area (Å²) >= 11 is 0. The summed E-state index contributed by atoms with van der Waals surface area (Å²) in [6.07, 6.45) is 7.16. The Morgan fingerprint density at radius 2 is 2.00 bits per heavy atom. The van der Waals surface area contributed by atoms with Gasteiger partial charge in [-0.25, -0.2) is 0 Å². The molecule has 0 aliphatic heterocycles. The molecule has 0 fully saturated rings. The van der Waals surface area contributed by atoms with Crippen LogP contribution >= 0.6 is 0 Å². The van der Waals surface area contributed by atoms with Gasteiger partial charge in [0.1, 0.15) is 0 Å². The van der Waals surface area contributed by atoms with E-state index in [9.17, 15) is 0 Å². The molecule has 0 bridgehead atoms. The van der Waals surface area contributed by atoms with Gasteiger partial charge < -0.3 is 11.8 Å². The van der Waals surface area contributed by atoms with E-state index in [-0.39, 0.29) is 0 Å². The van der Waals surface area contributed by atoms with E-state index in [0.717, 1.165) is 0 Å². The summed E-state index contributed by atoms with van der Waals surface area (Å²) in [7, 11) is 0. The Kier molecular flexibility index (Phi) is 19.3. The van der Waals surface area contributed by atoms with E-state index in [0.29, 0.717) is 0 Å². The molecule has 0 aromatic heterocycles. The van der Waals surface area contributed by atoms with Crippen molar-refractivity contribution in [1.29, 1.82) is 5.26 Å². The van der Waals surface area contributed by atoms with E-state index in [1.54, 1.807) is 0 Å². The van der Waals surface area contributed by atoms with Crippen LogP contribution in [-0.4, -0.2) is 0 Å². The minimum atomic E-state index is 1.19. The first kappa shape index (κ1) is 11.1. The zero-order valence-corrected chi connectivity index (χ0v) is 6.06. The predicted octanol–water partition coefficient (Wildman–Crippen LogP) is 2.85. The maximum atomic E-state index is 6.25. The molecule has 0 radical (unpaired) electrons. The highest BCUT2D eigenvalue weighted by molar-refractivity contribution is 4.64. The van der Waals surface area contributed by atoms with Gasteiger partial charge in [0.05, 0.1) is 0 Å². The van der Waals surface area contributed by atoms with Gasteiger partial charge in [0.2, 0.25) is 0 Å².